The summed E-state index contributed by atoms with van der Waals surface area (Å²) in [6.45, 7) is 4.11. The van der Waals surface area contributed by atoms with Crippen LogP contribution in [-0.4, -0.2) is 19.4 Å². The number of fused-ring (bicyclic) bond motifs is 1. The maximum Gasteiger partial charge on any atom is 0.204 e. The van der Waals surface area contributed by atoms with Crippen LogP contribution in [0.5, 0.6) is 0 Å². The summed E-state index contributed by atoms with van der Waals surface area (Å²) in [7, 11) is -3.27. The first-order valence-corrected chi connectivity index (χ1v) is 7.91. The molecule has 1 aromatic rings. The summed E-state index contributed by atoms with van der Waals surface area (Å²) in [4.78, 5) is 0.864. The molecule has 92 valence electrons. The molecule has 0 saturated carbocycles. The lowest BCUT2D eigenvalue weighted by Gasteiger charge is -2.06. The molecule has 0 saturated heterocycles. The van der Waals surface area contributed by atoms with Gasteiger partial charge >= 0.3 is 0 Å². The molecule has 1 aromatic carbocycles. The van der Waals surface area contributed by atoms with Crippen LogP contribution in [0.3, 0.4) is 0 Å². The topological polar surface area (TPSA) is 60.2 Å². The van der Waals surface area contributed by atoms with Crippen molar-refractivity contribution in [3.8, 4) is 0 Å². The molecule has 0 aromatic heterocycles. The first kappa shape index (κ1) is 12.5. The van der Waals surface area contributed by atoms with Crippen LogP contribution < -0.4 is 5.73 Å². The molecule has 0 unspecified atom stereocenters. The standard InChI is InChI=1S/C12H15NO2S2/c1-8(2)16-7-11-6-9-5-10(13)3-4-12(9)17(11,14)15/h3-6,8H,7,13H2,1-2H3. The molecule has 5 heteroatoms. The maximum atomic E-state index is 12.2. The molecule has 1 aliphatic heterocycles. The number of rotatable bonds is 3. The smallest absolute Gasteiger partial charge is 0.204 e. The first-order chi connectivity index (χ1) is 7.91. The van der Waals surface area contributed by atoms with Crippen molar-refractivity contribution in [2.24, 2.45) is 0 Å². The van der Waals surface area contributed by atoms with E-state index >= 15 is 0 Å². The third-order valence-electron chi connectivity index (χ3n) is 2.54. The zero-order valence-electron chi connectivity index (χ0n) is 9.80. The van der Waals surface area contributed by atoms with Crippen LogP contribution in [0.25, 0.3) is 6.08 Å². The van der Waals surface area contributed by atoms with Crippen molar-refractivity contribution in [1.29, 1.82) is 0 Å². The lowest BCUT2D eigenvalue weighted by Crippen LogP contribution is -2.04. The van der Waals surface area contributed by atoms with Gasteiger partial charge < -0.3 is 5.73 Å². The minimum absolute atomic E-state index is 0.381. The molecule has 1 heterocycles. The highest BCUT2D eigenvalue weighted by atomic mass is 32.2. The van der Waals surface area contributed by atoms with Gasteiger partial charge in [-0.25, -0.2) is 8.42 Å². The van der Waals surface area contributed by atoms with Gasteiger partial charge in [-0.05, 0) is 35.1 Å². The van der Waals surface area contributed by atoms with Crippen LogP contribution in [0, 0.1) is 0 Å². The maximum absolute atomic E-state index is 12.2. The fraction of sp³-hybridized carbons (Fsp3) is 0.333. The number of thioether (sulfide) groups is 1. The number of hydrogen-bond donors (Lipinski definition) is 1. The van der Waals surface area contributed by atoms with E-state index in [9.17, 15) is 8.42 Å². The quantitative estimate of drug-likeness (QED) is 0.857. The van der Waals surface area contributed by atoms with Crippen molar-refractivity contribution in [2.45, 2.75) is 24.0 Å². The van der Waals surface area contributed by atoms with E-state index in [4.69, 9.17) is 5.73 Å². The van der Waals surface area contributed by atoms with Gasteiger partial charge in [0.05, 0.1) is 9.80 Å². The van der Waals surface area contributed by atoms with Gasteiger partial charge in [0.15, 0.2) is 0 Å². The summed E-state index contributed by atoms with van der Waals surface area (Å²) in [6.07, 6.45) is 1.73. The fourth-order valence-electron chi connectivity index (χ4n) is 1.68. The Kier molecular flexibility index (Phi) is 3.23. The summed E-state index contributed by atoms with van der Waals surface area (Å²) in [6, 6.07) is 4.92. The third kappa shape index (κ3) is 2.35. The lowest BCUT2D eigenvalue weighted by molar-refractivity contribution is 0.603. The molecule has 17 heavy (non-hydrogen) atoms. The van der Waals surface area contributed by atoms with E-state index in [1.165, 1.54) is 0 Å². The Hall–Kier alpha value is -0.940. The Morgan fingerprint density at radius 3 is 2.71 bits per heavy atom. The predicted molar refractivity (Wildman–Crippen MR) is 73.6 cm³/mol. The Labute approximate surface area is 106 Å². The van der Waals surface area contributed by atoms with Crippen molar-refractivity contribution in [3.63, 3.8) is 0 Å². The molecule has 0 amide bonds. The Balaban J connectivity index is 2.37. The van der Waals surface area contributed by atoms with Crippen molar-refractivity contribution in [3.05, 3.63) is 28.7 Å². The van der Waals surface area contributed by atoms with Crippen LogP contribution in [0.4, 0.5) is 5.69 Å². The molecule has 1 aliphatic rings. The van der Waals surface area contributed by atoms with E-state index in [2.05, 4.69) is 13.8 Å². The van der Waals surface area contributed by atoms with Gasteiger partial charge in [-0.1, -0.05) is 13.8 Å². The molecule has 0 bridgehead atoms. The van der Waals surface area contributed by atoms with Gasteiger partial charge in [-0.15, -0.1) is 0 Å². The van der Waals surface area contributed by atoms with E-state index in [0.717, 1.165) is 0 Å². The Morgan fingerprint density at radius 1 is 1.35 bits per heavy atom. The molecule has 0 aliphatic carbocycles. The van der Waals surface area contributed by atoms with Crippen molar-refractivity contribution in [1.82, 2.24) is 0 Å². The average Bonchev–Trinajstić information content (AvgIpc) is 2.46. The molecule has 0 spiro atoms. The lowest BCUT2D eigenvalue weighted by atomic mass is 10.2. The summed E-state index contributed by atoms with van der Waals surface area (Å²) >= 11 is 1.63. The number of anilines is 1. The molecule has 2 rings (SSSR count). The molecule has 0 fully saturated rings. The minimum Gasteiger partial charge on any atom is -0.399 e. The largest absolute Gasteiger partial charge is 0.399 e. The van der Waals surface area contributed by atoms with Gasteiger partial charge in [-0.2, -0.15) is 11.8 Å². The molecule has 2 N–H and O–H groups in total. The van der Waals surface area contributed by atoms with E-state index in [-0.39, 0.29) is 0 Å². The zero-order chi connectivity index (χ0) is 12.6. The SMILES string of the molecule is CC(C)SCC1=Cc2cc(N)ccc2S1(=O)=O. The second-order valence-electron chi connectivity index (χ2n) is 4.27. The number of nitrogens with two attached hydrogens (primary N) is 1. The summed E-state index contributed by atoms with van der Waals surface area (Å²) in [5.41, 5.74) is 6.96. The monoisotopic (exact) mass is 269 g/mol. The predicted octanol–water partition coefficient (Wildman–Crippen LogP) is 2.54. The van der Waals surface area contributed by atoms with Crippen LogP contribution in [0.15, 0.2) is 28.0 Å². The van der Waals surface area contributed by atoms with Gasteiger partial charge in [0.2, 0.25) is 9.84 Å². The highest BCUT2D eigenvalue weighted by Gasteiger charge is 2.29. The second-order valence-corrected chi connectivity index (χ2v) is 7.81. The van der Waals surface area contributed by atoms with E-state index in [1.807, 2.05) is 0 Å². The second kappa shape index (κ2) is 4.38. The van der Waals surface area contributed by atoms with Crippen LogP contribution in [-0.2, 0) is 9.84 Å². The normalized spacial score (nSPS) is 17.0. The summed E-state index contributed by atoms with van der Waals surface area (Å²) in [5, 5.41) is 0.417. The average molecular weight is 269 g/mol. The number of hydrogen-bond acceptors (Lipinski definition) is 4. The van der Waals surface area contributed by atoms with Crippen molar-refractivity contribution < 1.29 is 8.42 Å². The molecule has 0 atom stereocenters. The molecule has 3 nitrogen and oxygen atoms in total. The van der Waals surface area contributed by atoms with Crippen LogP contribution in [0.2, 0.25) is 0 Å². The van der Waals surface area contributed by atoms with Crippen LogP contribution >= 0.6 is 11.8 Å². The van der Waals surface area contributed by atoms with Gasteiger partial charge in [-0.3, -0.25) is 0 Å². The Morgan fingerprint density at radius 2 is 2.06 bits per heavy atom. The highest BCUT2D eigenvalue weighted by molar-refractivity contribution is 8.02. The van der Waals surface area contributed by atoms with Gasteiger partial charge in [0, 0.05) is 11.4 Å². The van der Waals surface area contributed by atoms with Gasteiger partial charge in [0.25, 0.3) is 0 Å². The third-order valence-corrected chi connectivity index (χ3v) is 5.77. The molecule has 0 radical (unpaired) electrons. The summed E-state index contributed by atoms with van der Waals surface area (Å²) < 4.78 is 24.4. The van der Waals surface area contributed by atoms with Crippen molar-refractivity contribution >= 4 is 33.4 Å². The highest BCUT2D eigenvalue weighted by Crippen LogP contribution is 2.35. The Bertz CT molecular complexity index is 574. The summed E-state index contributed by atoms with van der Waals surface area (Å²) in [5.74, 6) is 0.522. The number of nitrogen functional groups attached to an aromatic ring is 1. The molecular formula is C12H15NO2S2. The van der Waals surface area contributed by atoms with Gasteiger partial charge in [0.1, 0.15) is 0 Å². The van der Waals surface area contributed by atoms with Crippen molar-refractivity contribution in [2.75, 3.05) is 11.5 Å². The number of sulfone groups is 1. The van der Waals surface area contributed by atoms with E-state index < -0.39 is 9.84 Å². The number of benzene rings is 1. The fourth-order valence-corrected chi connectivity index (χ4v) is 4.33. The first-order valence-electron chi connectivity index (χ1n) is 5.38. The molecular weight excluding hydrogens is 254 g/mol. The zero-order valence-corrected chi connectivity index (χ0v) is 11.4. The van der Waals surface area contributed by atoms with E-state index in [1.54, 1.807) is 36.0 Å². The van der Waals surface area contributed by atoms with E-state index in [0.29, 0.717) is 32.1 Å². The van der Waals surface area contributed by atoms with Crippen LogP contribution in [0.1, 0.15) is 19.4 Å². The minimum atomic E-state index is -3.27.